The van der Waals surface area contributed by atoms with Gasteiger partial charge in [-0.05, 0) is 55.0 Å². The zero-order valence-corrected chi connectivity index (χ0v) is 23.9. The molecule has 5 rings (SSSR count). The minimum Gasteiger partial charge on any atom is -0.497 e. The number of carbonyl (C=O) groups excluding carboxylic acids is 2. The molecule has 2 heterocycles. The fourth-order valence-electron chi connectivity index (χ4n) is 5.41. The summed E-state index contributed by atoms with van der Waals surface area (Å²) in [5.74, 6) is 0.488. The van der Waals surface area contributed by atoms with Gasteiger partial charge in [-0.2, -0.15) is 0 Å². The zero-order valence-electron chi connectivity index (χ0n) is 23.1. The van der Waals surface area contributed by atoms with E-state index >= 15 is 0 Å². The van der Waals surface area contributed by atoms with E-state index in [0.717, 1.165) is 31.2 Å². The second kappa shape index (κ2) is 12.8. The standard InChI is InChI=1S/C30H34ClN5O5/c1-40-22-10-8-21(9-11-22)33-30-32-14-25(31)28(35-30)19-6-7-20-15-36(29(39)24(20)13-19)16-27(38)34-26(17-37)18-4-3-5-23(12-18)41-2/h3-7,12-14,21-22,26,37H,8-11,15-17H2,1-2H3,(H,34,38)(H,32,33,35)/t21-,22-,26?. The van der Waals surface area contributed by atoms with Crippen molar-refractivity contribution in [1.29, 1.82) is 0 Å². The first-order valence-electron chi connectivity index (χ1n) is 13.7. The van der Waals surface area contributed by atoms with Gasteiger partial charge in [0.2, 0.25) is 11.9 Å². The smallest absolute Gasteiger partial charge is 0.254 e. The molecule has 1 aliphatic heterocycles. The fraction of sp³-hybridized carbons (Fsp3) is 0.400. The SMILES string of the molecule is COc1cccc(C(CO)NC(=O)CN2Cc3ccc(-c4nc(N[C@H]5CC[C@H](OC)CC5)ncc4Cl)cc3C2=O)c1. The third-order valence-electron chi connectivity index (χ3n) is 7.70. The van der Waals surface area contributed by atoms with Gasteiger partial charge in [0, 0.05) is 30.8 Å². The van der Waals surface area contributed by atoms with Crippen molar-refractivity contribution < 1.29 is 24.2 Å². The van der Waals surface area contributed by atoms with Crippen LogP contribution in [0.5, 0.6) is 5.75 Å². The number of amides is 2. The molecule has 1 aliphatic carbocycles. The van der Waals surface area contributed by atoms with Crippen molar-refractivity contribution in [1.82, 2.24) is 20.2 Å². The first kappa shape index (κ1) is 28.8. The Morgan fingerprint density at radius 3 is 2.71 bits per heavy atom. The number of aliphatic hydroxyl groups is 1. The second-order valence-corrected chi connectivity index (χ2v) is 10.8. The molecule has 1 unspecified atom stereocenters. The van der Waals surface area contributed by atoms with Gasteiger partial charge in [0.05, 0.1) is 42.8 Å². The number of fused-ring (bicyclic) bond motifs is 1. The number of nitrogens with zero attached hydrogens (tertiary/aromatic N) is 3. The predicted molar refractivity (Wildman–Crippen MR) is 155 cm³/mol. The lowest BCUT2D eigenvalue weighted by Crippen LogP contribution is -2.40. The topological polar surface area (TPSA) is 126 Å². The summed E-state index contributed by atoms with van der Waals surface area (Å²) in [7, 11) is 3.30. The molecule has 1 atom stereocenters. The minimum atomic E-state index is -0.623. The third-order valence-corrected chi connectivity index (χ3v) is 7.97. The Morgan fingerprint density at radius 2 is 1.98 bits per heavy atom. The molecule has 0 radical (unpaired) electrons. The van der Waals surface area contributed by atoms with Gasteiger partial charge in [-0.1, -0.05) is 35.9 Å². The number of rotatable bonds is 10. The number of aliphatic hydroxyl groups excluding tert-OH is 1. The summed E-state index contributed by atoms with van der Waals surface area (Å²) in [4.78, 5) is 36.7. The molecular formula is C30H34ClN5O5. The molecule has 0 saturated heterocycles. The van der Waals surface area contributed by atoms with Crippen LogP contribution in [0.4, 0.5) is 5.95 Å². The number of halogens is 1. The van der Waals surface area contributed by atoms with E-state index in [1.54, 1.807) is 50.7 Å². The molecule has 216 valence electrons. The van der Waals surface area contributed by atoms with Crippen molar-refractivity contribution in [2.45, 2.75) is 50.4 Å². The molecule has 1 saturated carbocycles. The van der Waals surface area contributed by atoms with Gasteiger partial charge in [-0.3, -0.25) is 9.59 Å². The summed E-state index contributed by atoms with van der Waals surface area (Å²) in [6.45, 7) is -0.127. The van der Waals surface area contributed by atoms with E-state index in [1.165, 1.54) is 4.90 Å². The maximum absolute atomic E-state index is 13.3. The maximum Gasteiger partial charge on any atom is 0.254 e. The van der Waals surface area contributed by atoms with Crippen LogP contribution in [0.15, 0.2) is 48.7 Å². The first-order valence-corrected chi connectivity index (χ1v) is 14.0. The average Bonchev–Trinajstić information content (AvgIpc) is 3.31. The Morgan fingerprint density at radius 1 is 1.17 bits per heavy atom. The van der Waals surface area contributed by atoms with Gasteiger partial charge < -0.3 is 30.1 Å². The Balaban J connectivity index is 1.25. The van der Waals surface area contributed by atoms with Crippen molar-refractivity contribution in [3.63, 3.8) is 0 Å². The Hall–Kier alpha value is -3.73. The van der Waals surface area contributed by atoms with Gasteiger partial charge in [0.25, 0.3) is 5.91 Å². The first-order chi connectivity index (χ1) is 19.9. The van der Waals surface area contributed by atoms with Crippen molar-refractivity contribution in [2.24, 2.45) is 0 Å². The van der Waals surface area contributed by atoms with E-state index in [9.17, 15) is 14.7 Å². The van der Waals surface area contributed by atoms with Crippen LogP contribution in [0.3, 0.4) is 0 Å². The van der Waals surface area contributed by atoms with Crippen molar-refractivity contribution in [3.8, 4) is 17.0 Å². The molecule has 2 aromatic carbocycles. The van der Waals surface area contributed by atoms with Gasteiger partial charge in [-0.25, -0.2) is 9.97 Å². The number of carbonyl (C=O) groups is 2. The Kier molecular flexibility index (Phi) is 9.02. The molecule has 1 aromatic heterocycles. The van der Waals surface area contributed by atoms with E-state index in [1.807, 2.05) is 12.1 Å². The third kappa shape index (κ3) is 6.61. The monoisotopic (exact) mass is 579 g/mol. The highest BCUT2D eigenvalue weighted by Gasteiger charge is 2.30. The summed E-state index contributed by atoms with van der Waals surface area (Å²) < 4.78 is 10.7. The summed E-state index contributed by atoms with van der Waals surface area (Å²) in [5, 5.41) is 16.5. The van der Waals surface area contributed by atoms with Gasteiger partial charge in [-0.15, -0.1) is 0 Å². The molecule has 0 bridgehead atoms. The fourth-order valence-corrected chi connectivity index (χ4v) is 5.61. The molecule has 2 aliphatic rings. The molecular weight excluding hydrogens is 546 g/mol. The van der Waals surface area contributed by atoms with Gasteiger partial charge in [0.1, 0.15) is 12.3 Å². The van der Waals surface area contributed by atoms with E-state index < -0.39 is 6.04 Å². The van der Waals surface area contributed by atoms with E-state index in [0.29, 0.717) is 51.8 Å². The van der Waals surface area contributed by atoms with Crippen LogP contribution in [0, 0.1) is 0 Å². The van der Waals surface area contributed by atoms with E-state index in [-0.39, 0.29) is 31.0 Å². The second-order valence-electron chi connectivity index (χ2n) is 10.4. The minimum absolute atomic E-state index is 0.142. The van der Waals surface area contributed by atoms with Crippen LogP contribution in [0.25, 0.3) is 11.3 Å². The Bertz CT molecular complexity index is 1410. The molecule has 3 aromatic rings. The van der Waals surface area contributed by atoms with Crippen LogP contribution in [0.1, 0.15) is 53.2 Å². The average molecular weight is 580 g/mol. The lowest BCUT2D eigenvalue weighted by molar-refractivity contribution is -0.122. The molecule has 0 spiro atoms. The van der Waals surface area contributed by atoms with Crippen LogP contribution in [-0.4, -0.2) is 71.3 Å². The van der Waals surface area contributed by atoms with Crippen LogP contribution >= 0.6 is 11.6 Å². The highest BCUT2D eigenvalue weighted by atomic mass is 35.5. The number of benzene rings is 2. The van der Waals surface area contributed by atoms with E-state index in [4.69, 9.17) is 21.1 Å². The lowest BCUT2D eigenvalue weighted by atomic mass is 9.93. The maximum atomic E-state index is 13.3. The van der Waals surface area contributed by atoms with Crippen LogP contribution in [-0.2, 0) is 16.1 Å². The number of anilines is 1. The summed E-state index contributed by atoms with van der Waals surface area (Å²) in [6, 6.07) is 12.3. The zero-order chi connectivity index (χ0) is 28.9. The highest BCUT2D eigenvalue weighted by Crippen LogP contribution is 2.32. The molecule has 10 nitrogen and oxygen atoms in total. The molecule has 3 N–H and O–H groups in total. The largest absolute Gasteiger partial charge is 0.497 e. The van der Waals surface area contributed by atoms with Crippen molar-refractivity contribution in [3.05, 3.63) is 70.4 Å². The number of ether oxygens (including phenoxy) is 2. The van der Waals surface area contributed by atoms with Crippen molar-refractivity contribution in [2.75, 3.05) is 32.7 Å². The van der Waals surface area contributed by atoms with Gasteiger partial charge >= 0.3 is 0 Å². The highest BCUT2D eigenvalue weighted by molar-refractivity contribution is 6.33. The number of aromatic nitrogens is 2. The molecule has 11 heteroatoms. The molecule has 1 fully saturated rings. The number of nitrogens with one attached hydrogen (secondary N) is 2. The van der Waals surface area contributed by atoms with E-state index in [2.05, 4.69) is 20.6 Å². The number of hydrogen-bond donors (Lipinski definition) is 3. The number of hydrogen-bond acceptors (Lipinski definition) is 8. The van der Waals surface area contributed by atoms with Crippen molar-refractivity contribution >= 4 is 29.4 Å². The normalized spacial score (nSPS) is 19.0. The lowest BCUT2D eigenvalue weighted by Gasteiger charge is -2.28. The summed E-state index contributed by atoms with van der Waals surface area (Å²) in [5.41, 5.74) is 3.26. The molecule has 41 heavy (non-hydrogen) atoms. The predicted octanol–water partition coefficient (Wildman–Crippen LogP) is 3.98. The van der Waals surface area contributed by atoms with Crippen LogP contribution < -0.4 is 15.4 Å². The molecule has 2 amide bonds. The summed E-state index contributed by atoms with van der Waals surface area (Å²) >= 11 is 6.48. The van der Waals surface area contributed by atoms with Crippen LogP contribution in [0.2, 0.25) is 5.02 Å². The summed E-state index contributed by atoms with van der Waals surface area (Å²) in [6.07, 6.45) is 5.77. The number of methoxy groups -OCH3 is 2. The van der Waals surface area contributed by atoms with Gasteiger partial charge in [0.15, 0.2) is 0 Å². The Labute approximate surface area is 244 Å². The quantitative estimate of drug-likeness (QED) is 0.329.